The predicted octanol–water partition coefficient (Wildman–Crippen LogP) is 3.74. The van der Waals surface area contributed by atoms with E-state index in [-0.39, 0.29) is 6.10 Å². The van der Waals surface area contributed by atoms with Gasteiger partial charge >= 0.3 is 6.09 Å². The van der Waals surface area contributed by atoms with Crippen LogP contribution in [0.1, 0.15) is 46.6 Å². The first kappa shape index (κ1) is 17.9. The number of hydrogen-bond donors (Lipinski definition) is 1. The smallest absolute Gasteiger partial charge is 0.407 e. The Hall–Kier alpha value is -2.15. The van der Waals surface area contributed by atoms with Crippen LogP contribution in [0.2, 0.25) is 0 Å². The second-order valence-electron chi connectivity index (χ2n) is 6.17. The Kier molecular flexibility index (Phi) is 6.78. The van der Waals surface area contributed by atoms with Gasteiger partial charge in [-0.15, -0.1) is 0 Å². The van der Waals surface area contributed by atoms with E-state index in [1.165, 1.54) is 0 Å². The summed E-state index contributed by atoms with van der Waals surface area (Å²) in [6, 6.07) is 7.66. The molecule has 120 valence electrons. The van der Waals surface area contributed by atoms with Crippen LogP contribution in [-0.4, -0.2) is 24.3 Å². The van der Waals surface area contributed by atoms with Crippen molar-refractivity contribution in [2.75, 3.05) is 6.54 Å². The second-order valence-corrected chi connectivity index (χ2v) is 6.17. The molecule has 0 saturated heterocycles. The van der Waals surface area contributed by atoms with Gasteiger partial charge in [-0.1, -0.05) is 11.8 Å². The Morgan fingerprint density at radius 3 is 2.41 bits per heavy atom. The molecule has 0 aromatic heterocycles. The maximum atomic E-state index is 11.4. The number of benzene rings is 1. The van der Waals surface area contributed by atoms with Crippen LogP contribution in [0.3, 0.4) is 0 Å². The minimum Gasteiger partial charge on any atom is -0.491 e. The van der Waals surface area contributed by atoms with Crippen molar-refractivity contribution in [2.24, 2.45) is 0 Å². The lowest BCUT2D eigenvalue weighted by molar-refractivity contribution is 0.0529. The number of carbonyl (C=O) groups excluding carboxylic acids is 1. The molecule has 0 aliphatic rings. The van der Waals surface area contributed by atoms with Crippen molar-refractivity contribution in [2.45, 2.75) is 52.7 Å². The predicted molar refractivity (Wildman–Crippen MR) is 87.9 cm³/mol. The zero-order valence-electron chi connectivity index (χ0n) is 14.0. The second kappa shape index (κ2) is 8.33. The summed E-state index contributed by atoms with van der Waals surface area (Å²) in [5.41, 5.74) is 0.448. The first-order valence-corrected chi connectivity index (χ1v) is 7.49. The summed E-state index contributed by atoms with van der Waals surface area (Å²) in [5, 5.41) is 2.67. The highest BCUT2D eigenvalue weighted by Crippen LogP contribution is 2.13. The van der Waals surface area contributed by atoms with Crippen LogP contribution in [0.5, 0.6) is 5.75 Å². The molecule has 0 heterocycles. The maximum absolute atomic E-state index is 11.4. The van der Waals surface area contributed by atoms with Gasteiger partial charge in [-0.3, -0.25) is 0 Å². The molecular weight excluding hydrogens is 278 g/mol. The van der Waals surface area contributed by atoms with Crippen LogP contribution in [0.25, 0.3) is 0 Å². The highest BCUT2D eigenvalue weighted by molar-refractivity contribution is 5.67. The number of alkyl carbamates (subject to hydrolysis) is 1. The van der Waals surface area contributed by atoms with E-state index in [1.807, 2.05) is 58.9 Å². The molecule has 0 atom stereocenters. The van der Waals surface area contributed by atoms with Gasteiger partial charge in [0.2, 0.25) is 0 Å². The molecule has 1 N–H and O–H groups in total. The van der Waals surface area contributed by atoms with Gasteiger partial charge in [0.25, 0.3) is 0 Å². The summed E-state index contributed by atoms with van der Waals surface area (Å²) in [6.45, 7) is 9.95. The topological polar surface area (TPSA) is 47.6 Å². The summed E-state index contributed by atoms with van der Waals surface area (Å²) in [6.07, 6.45) is 0.323. The fourth-order valence-electron chi connectivity index (χ4n) is 1.59. The van der Waals surface area contributed by atoms with Gasteiger partial charge in [-0.05, 0) is 58.9 Å². The fourth-order valence-corrected chi connectivity index (χ4v) is 1.59. The molecule has 0 fully saturated rings. The SMILES string of the molecule is CC(C)Oc1ccc(C#CCCNC(=O)OC(C)(C)C)cc1. The third-order valence-electron chi connectivity index (χ3n) is 2.38. The molecule has 4 heteroatoms. The van der Waals surface area contributed by atoms with E-state index < -0.39 is 11.7 Å². The summed E-state index contributed by atoms with van der Waals surface area (Å²) >= 11 is 0. The van der Waals surface area contributed by atoms with Crippen LogP contribution < -0.4 is 10.1 Å². The Bertz CT molecular complexity index is 530. The van der Waals surface area contributed by atoms with Crippen LogP contribution in [-0.2, 0) is 4.74 Å². The minimum atomic E-state index is -0.477. The Morgan fingerprint density at radius 2 is 1.86 bits per heavy atom. The number of hydrogen-bond acceptors (Lipinski definition) is 3. The molecule has 0 aliphatic carbocycles. The molecule has 4 nitrogen and oxygen atoms in total. The molecule has 22 heavy (non-hydrogen) atoms. The first-order valence-electron chi connectivity index (χ1n) is 7.49. The van der Waals surface area contributed by atoms with Crippen LogP contribution in [0.15, 0.2) is 24.3 Å². The van der Waals surface area contributed by atoms with Gasteiger partial charge < -0.3 is 14.8 Å². The number of rotatable bonds is 4. The average Bonchev–Trinajstić information content (AvgIpc) is 2.37. The van der Waals surface area contributed by atoms with E-state index in [9.17, 15) is 4.79 Å². The quantitative estimate of drug-likeness (QED) is 0.681. The standard InChI is InChI=1S/C18H25NO3/c1-14(2)21-16-11-9-15(10-12-16)8-6-7-13-19-17(20)22-18(3,4)5/h9-12,14H,7,13H2,1-5H3,(H,19,20). The lowest BCUT2D eigenvalue weighted by Gasteiger charge is -2.19. The third-order valence-corrected chi connectivity index (χ3v) is 2.38. The van der Waals surface area contributed by atoms with Crippen LogP contribution >= 0.6 is 0 Å². The fraction of sp³-hybridized carbons (Fsp3) is 0.500. The molecule has 0 spiro atoms. The zero-order valence-corrected chi connectivity index (χ0v) is 14.0. The number of carbonyl (C=O) groups is 1. The average molecular weight is 303 g/mol. The van der Waals surface area contributed by atoms with E-state index in [0.29, 0.717) is 13.0 Å². The minimum absolute atomic E-state index is 0.163. The molecule has 0 radical (unpaired) electrons. The summed E-state index contributed by atoms with van der Waals surface area (Å²) in [7, 11) is 0. The molecule has 0 saturated carbocycles. The summed E-state index contributed by atoms with van der Waals surface area (Å²) < 4.78 is 10.7. The third kappa shape index (κ3) is 8.21. The van der Waals surface area contributed by atoms with Crippen molar-refractivity contribution >= 4 is 6.09 Å². The van der Waals surface area contributed by atoms with E-state index in [1.54, 1.807) is 0 Å². The summed E-state index contributed by atoms with van der Waals surface area (Å²) in [4.78, 5) is 11.4. The Balaban J connectivity index is 2.34. The molecule has 1 amide bonds. The van der Waals surface area contributed by atoms with Crippen molar-refractivity contribution in [3.63, 3.8) is 0 Å². The largest absolute Gasteiger partial charge is 0.491 e. The molecule has 1 rings (SSSR count). The molecule has 0 bridgehead atoms. The van der Waals surface area contributed by atoms with Crippen molar-refractivity contribution in [3.05, 3.63) is 29.8 Å². The first-order chi connectivity index (χ1) is 10.3. The van der Waals surface area contributed by atoms with E-state index in [2.05, 4.69) is 17.2 Å². The van der Waals surface area contributed by atoms with Gasteiger partial charge in [-0.2, -0.15) is 0 Å². The molecular formula is C18H25NO3. The van der Waals surface area contributed by atoms with Crippen molar-refractivity contribution in [1.82, 2.24) is 5.32 Å². The summed E-state index contributed by atoms with van der Waals surface area (Å²) in [5.74, 6) is 6.91. The van der Waals surface area contributed by atoms with Gasteiger partial charge in [0, 0.05) is 18.5 Å². The van der Waals surface area contributed by atoms with Gasteiger partial charge in [0.15, 0.2) is 0 Å². The van der Waals surface area contributed by atoms with Crippen LogP contribution in [0, 0.1) is 11.8 Å². The molecule has 0 unspecified atom stereocenters. The van der Waals surface area contributed by atoms with Gasteiger partial charge in [0.05, 0.1) is 6.10 Å². The molecule has 1 aromatic rings. The van der Waals surface area contributed by atoms with Gasteiger partial charge in [-0.25, -0.2) is 4.79 Å². The maximum Gasteiger partial charge on any atom is 0.407 e. The van der Waals surface area contributed by atoms with Gasteiger partial charge in [0.1, 0.15) is 11.4 Å². The van der Waals surface area contributed by atoms with E-state index in [0.717, 1.165) is 11.3 Å². The lowest BCUT2D eigenvalue weighted by Crippen LogP contribution is -2.32. The van der Waals surface area contributed by atoms with E-state index in [4.69, 9.17) is 9.47 Å². The highest BCUT2D eigenvalue weighted by atomic mass is 16.6. The highest BCUT2D eigenvalue weighted by Gasteiger charge is 2.15. The van der Waals surface area contributed by atoms with E-state index >= 15 is 0 Å². The van der Waals surface area contributed by atoms with Crippen molar-refractivity contribution < 1.29 is 14.3 Å². The Labute approximate surface area is 133 Å². The zero-order chi connectivity index (χ0) is 16.6. The number of amides is 1. The van der Waals surface area contributed by atoms with Crippen LogP contribution in [0.4, 0.5) is 4.79 Å². The molecule has 0 aliphatic heterocycles. The number of nitrogens with one attached hydrogen (secondary N) is 1. The monoisotopic (exact) mass is 303 g/mol. The normalized spacial score (nSPS) is 10.6. The molecule has 1 aromatic carbocycles. The lowest BCUT2D eigenvalue weighted by atomic mass is 10.2. The Morgan fingerprint density at radius 1 is 1.23 bits per heavy atom. The number of ether oxygens (including phenoxy) is 2. The van der Waals surface area contributed by atoms with Crippen molar-refractivity contribution in [3.8, 4) is 17.6 Å². The van der Waals surface area contributed by atoms with Crippen molar-refractivity contribution in [1.29, 1.82) is 0 Å².